The van der Waals surface area contributed by atoms with Crippen LogP contribution in [0.3, 0.4) is 0 Å². The van der Waals surface area contributed by atoms with Crippen molar-refractivity contribution in [3.63, 3.8) is 0 Å². The zero-order chi connectivity index (χ0) is 16.1. The molecular formula is C17H14Br4O. The molecule has 0 aliphatic rings. The highest BCUT2D eigenvalue weighted by molar-refractivity contribution is 9.11. The molecule has 0 fully saturated rings. The van der Waals surface area contributed by atoms with Crippen molar-refractivity contribution in [1.29, 1.82) is 0 Å². The molecule has 0 radical (unpaired) electrons. The predicted octanol–water partition coefficient (Wildman–Crippen LogP) is 7.13. The Labute approximate surface area is 164 Å². The number of Topliss-reactive ketones (excluding diaryl/α,β-unsaturated/α-hetero) is 1. The molecule has 22 heavy (non-hydrogen) atoms. The van der Waals surface area contributed by atoms with E-state index >= 15 is 0 Å². The van der Waals surface area contributed by atoms with E-state index in [4.69, 9.17) is 0 Å². The first-order valence-electron chi connectivity index (χ1n) is 6.76. The van der Waals surface area contributed by atoms with Crippen molar-refractivity contribution in [2.45, 2.75) is 22.5 Å². The summed E-state index contributed by atoms with van der Waals surface area (Å²) >= 11 is 14.1. The van der Waals surface area contributed by atoms with Gasteiger partial charge < -0.3 is 0 Å². The predicted molar refractivity (Wildman–Crippen MR) is 106 cm³/mol. The fourth-order valence-corrected chi connectivity index (χ4v) is 3.92. The van der Waals surface area contributed by atoms with Crippen LogP contribution in [0.5, 0.6) is 0 Å². The van der Waals surface area contributed by atoms with Crippen LogP contribution in [0.25, 0.3) is 0 Å². The van der Waals surface area contributed by atoms with Gasteiger partial charge in [-0.15, -0.1) is 0 Å². The topological polar surface area (TPSA) is 17.1 Å². The van der Waals surface area contributed by atoms with Gasteiger partial charge in [0.25, 0.3) is 0 Å². The van der Waals surface area contributed by atoms with Crippen LogP contribution in [0.4, 0.5) is 0 Å². The molecule has 0 aliphatic carbocycles. The molecule has 2 rings (SSSR count). The normalized spacial score (nSPS) is 13.6. The van der Waals surface area contributed by atoms with Crippen molar-refractivity contribution in [2.24, 2.45) is 0 Å². The van der Waals surface area contributed by atoms with Crippen LogP contribution in [0.2, 0.25) is 0 Å². The standard InChI is InChI=1S/C17H14Br4O/c18-13-5-1-11(2-6-13)16(20)9-15(22)10-17(21)12-3-7-14(19)8-4-12/h1-8,16-17H,9-10H2. The zero-order valence-corrected chi connectivity index (χ0v) is 18.0. The van der Waals surface area contributed by atoms with Gasteiger partial charge in [-0.3, -0.25) is 4.79 Å². The molecule has 0 aromatic heterocycles. The lowest BCUT2D eigenvalue weighted by molar-refractivity contribution is -0.119. The third kappa shape index (κ3) is 5.59. The molecule has 116 valence electrons. The second-order valence-electron chi connectivity index (χ2n) is 4.99. The first-order valence-corrected chi connectivity index (χ1v) is 10.2. The molecule has 0 saturated heterocycles. The summed E-state index contributed by atoms with van der Waals surface area (Å²) in [5.74, 6) is 0.231. The van der Waals surface area contributed by atoms with Gasteiger partial charge in [0.05, 0.1) is 0 Å². The van der Waals surface area contributed by atoms with E-state index in [-0.39, 0.29) is 15.4 Å². The van der Waals surface area contributed by atoms with Crippen LogP contribution in [-0.4, -0.2) is 5.78 Å². The summed E-state index contributed by atoms with van der Waals surface area (Å²) in [6.07, 6.45) is 0.973. The van der Waals surface area contributed by atoms with Crippen LogP contribution in [-0.2, 0) is 4.79 Å². The molecular weight excluding hydrogens is 540 g/mol. The number of hydrogen-bond acceptors (Lipinski definition) is 1. The summed E-state index contributed by atoms with van der Waals surface area (Å²) in [7, 11) is 0. The van der Waals surface area contributed by atoms with E-state index in [1.807, 2.05) is 48.5 Å². The Morgan fingerprint density at radius 1 is 0.727 bits per heavy atom. The van der Waals surface area contributed by atoms with Crippen molar-refractivity contribution < 1.29 is 4.79 Å². The van der Waals surface area contributed by atoms with Crippen LogP contribution >= 0.6 is 63.7 Å². The minimum atomic E-state index is 0.0534. The zero-order valence-electron chi connectivity index (χ0n) is 11.6. The number of carbonyl (C=O) groups is 1. The molecule has 0 amide bonds. The molecule has 1 nitrogen and oxygen atoms in total. The monoisotopic (exact) mass is 550 g/mol. The highest BCUT2D eigenvalue weighted by Crippen LogP contribution is 2.32. The van der Waals surface area contributed by atoms with Gasteiger partial charge in [-0.25, -0.2) is 0 Å². The lowest BCUT2D eigenvalue weighted by atomic mass is 10.0. The van der Waals surface area contributed by atoms with Crippen molar-refractivity contribution >= 4 is 69.5 Å². The Bertz CT molecular complexity index is 567. The van der Waals surface area contributed by atoms with Crippen molar-refractivity contribution in [3.05, 3.63) is 68.6 Å². The third-order valence-corrected chi connectivity index (χ3v) is 6.04. The summed E-state index contributed by atoms with van der Waals surface area (Å²) < 4.78 is 2.08. The van der Waals surface area contributed by atoms with Crippen molar-refractivity contribution in [2.75, 3.05) is 0 Å². The first-order chi connectivity index (χ1) is 10.5. The maximum Gasteiger partial charge on any atom is 0.135 e. The Balaban J connectivity index is 1.91. The number of carbonyl (C=O) groups excluding carboxylic acids is 1. The number of benzene rings is 2. The largest absolute Gasteiger partial charge is 0.300 e. The van der Waals surface area contributed by atoms with Gasteiger partial charge in [0, 0.05) is 31.4 Å². The molecule has 5 heteroatoms. The summed E-state index contributed by atoms with van der Waals surface area (Å²) in [6.45, 7) is 0. The highest BCUT2D eigenvalue weighted by Gasteiger charge is 2.17. The maximum absolute atomic E-state index is 12.3. The van der Waals surface area contributed by atoms with Gasteiger partial charge in [-0.1, -0.05) is 88.0 Å². The van der Waals surface area contributed by atoms with Gasteiger partial charge in [-0.05, 0) is 35.4 Å². The smallest absolute Gasteiger partial charge is 0.135 e. The van der Waals surface area contributed by atoms with Gasteiger partial charge in [-0.2, -0.15) is 0 Å². The average Bonchev–Trinajstić information content (AvgIpc) is 2.48. The summed E-state index contributed by atoms with van der Waals surface area (Å²) in [4.78, 5) is 12.4. The minimum Gasteiger partial charge on any atom is -0.300 e. The van der Waals surface area contributed by atoms with Gasteiger partial charge in [0.1, 0.15) is 5.78 Å². The molecule has 2 aromatic carbocycles. The van der Waals surface area contributed by atoms with E-state index in [9.17, 15) is 4.79 Å². The lowest BCUT2D eigenvalue weighted by Gasteiger charge is -2.13. The van der Waals surface area contributed by atoms with E-state index in [0.717, 1.165) is 20.1 Å². The molecule has 2 atom stereocenters. The first kappa shape index (κ1) is 18.4. The molecule has 0 saturated carbocycles. The fourth-order valence-electron chi connectivity index (χ4n) is 2.06. The number of rotatable bonds is 6. The Hall–Kier alpha value is 0.0300. The lowest BCUT2D eigenvalue weighted by Crippen LogP contribution is -2.05. The second kappa shape index (κ2) is 8.76. The third-order valence-electron chi connectivity index (χ3n) is 3.28. The van der Waals surface area contributed by atoms with Gasteiger partial charge in [0.2, 0.25) is 0 Å². The average molecular weight is 554 g/mol. The molecule has 2 aromatic rings. The van der Waals surface area contributed by atoms with Crippen molar-refractivity contribution in [1.82, 2.24) is 0 Å². The van der Waals surface area contributed by atoms with Crippen molar-refractivity contribution in [3.8, 4) is 0 Å². The van der Waals surface area contributed by atoms with E-state index in [1.54, 1.807) is 0 Å². The summed E-state index contributed by atoms with van der Waals surface area (Å²) in [5.41, 5.74) is 2.23. The highest BCUT2D eigenvalue weighted by atomic mass is 79.9. The number of ketones is 1. The molecule has 0 aliphatic heterocycles. The summed E-state index contributed by atoms with van der Waals surface area (Å²) in [5, 5.41) is 0. The Kier molecular flexibility index (Phi) is 7.32. The molecule has 0 N–H and O–H groups in total. The fraction of sp³-hybridized carbons (Fsp3) is 0.235. The summed E-state index contributed by atoms with van der Waals surface area (Å²) in [6, 6.07) is 16.1. The SMILES string of the molecule is O=C(CC(Br)c1ccc(Br)cc1)CC(Br)c1ccc(Br)cc1. The van der Waals surface area contributed by atoms with E-state index in [1.165, 1.54) is 0 Å². The van der Waals surface area contributed by atoms with Crippen LogP contribution in [0.1, 0.15) is 33.6 Å². The van der Waals surface area contributed by atoms with E-state index in [2.05, 4.69) is 63.7 Å². The minimum absolute atomic E-state index is 0.0534. The van der Waals surface area contributed by atoms with Gasteiger partial charge >= 0.3 is 0 Å². The van der Waals surface area contributed by atoms with Crippen LogP contribution in [0.15, 0.2) is 57.5 Å². The van der Waals surface area contributed by atoms with Crippen LogP contribution < -0.4 is 0 Å². The van der Waals surface area contributed by atoms with E-state index in [0.29, 0.717) is 12.8 Å². The number of alkyl halides is 2. The van der Waals surface area contributed by atoms with Gasteiger partial charge in [0.15, 0.2) is 0 Å². The number of hydrogen-bond donors (Lipinski definition) is 0. The molecule has 2 unspecified atom stereocenters. The maximum atomic E-state index is 12.3. The molecule has 0 bridgehead atoms. The van der Waals surface area contributed by atoms with Crippen LogP contribution in [0, 0.1) is 0 Å². The molecule has 0 heterocycles. The van der Waals surface area contributed by atoms with E-state index < -0.39 is 0 Å². The Morgan fingerprint density at radius 2 is 1.05 bits per heavy atom. The second-order valence-corrected chi connectivity index (χ2v) is 9.03. The number of halogens is 4. The molecule has 0 spiro atoms. The Morgan fingerprint density at radius 3 is 1.36 bits per heavy atom. The quantitative estimate of drug-likeness (QED) is 0.348.